The second kappa shape index (κ2) is 5.80. The minimum Gasteiger partial charge on any atom is -0.367 e. The molecule has 18 heavy (non-hydrogen) atoms. The maximum atomic E-state index is 11.2. The van der Waals surface area contributed by atoms with Gasteiger partial charge >= 0.3 is 0 Å². The number of hydrogen-bond acceptors (Lipinski definition) is 4. The first kappa shape index (κ1) is 12.8. The molecule has 0 aromatic carbocycles. The predicted molar refractivity (Wildman–Crippen MR) is 70.3 cm³/mol. The van der Waals surface area contributed by atoms with E-state index in [0.29, 0.717) is 6.04 Å². The molecule has 98 valence electrons. The summed E-state index contributed by atoms with van der Waals surface area (Å²) in [5, 5.41) is 3.43. The molecule has 0 radical (unpaired) electrons. The molecule has 1 aromatic rings. The number of rotatable bonds is 3. The van der Waals surface area contributed by atoms with Crippen molar-refractivity contribution in [3.8, 4) is 0 Å². The van der Waals surface area contributed by atoms with Crippen molar-refractivity contribution in [2.75, 3.05) is 18.4 Å². The van der Waals surface area contributed by atoms with Gasteiger partial charge in [0.05, 0.1) is 0 Å². The van der Waals surface area contributed by atoms with Gasteiger partial charge in [-0.15, -0.1) is 0 Å². The highest BCUT2D eigenvalue weighted by molar-refractivity contribution is 5.73. The molecular formula is C13H20N4O. The Labute approximate surface area is 108 Å². The first-order valence-corrected chi connectivity index (χ1v) is 6.52. The van der Waals surface area contributed by atoms with Crippen LogP contribution < -0.4 is 5.32 Å². The van der Waals surface area contributed by atoms with Crippen molar-refractivity contribution >= 4 is 11.7 Å². The first-order valence-electron chi connectivity index (χ1n) is 6.52. The number of carbonyl (C=O) groups excluding carboxylic acids is 1. The monoisotopic (exact) mass is 248 g/mol. The summed E-state index contributed by atoms with van der Waals surface area (Å²) >= 11 is 0. The van der Waals surface area contributed by atoms with E-state index in [1.807, 2.05) is 11.0 Å². The molecule has 1 aliphatic rings. The van der Waals surface area contributed by atoms with Crippen LogP contribution in [-0.2, 0) is 11.2 Å². The molecule has 0 spiro atoms. The van der Waals surface area contributed by atoms with Gasteiger partial charge in [0.15, 0.2) is 0 Å². The van der Waals surface area contributed by atoms with Crippen molar-refractivity contribution in [1.82, 2.24) is 14.9 Å². The molecule has 1 N–H and O–H groups in total. The van der Waals surface area contributed by atoms with Gasteiger partial charge < -0.3 is 10.2 Å². The Balaban J connectivity index is 1.89. The summed E-state index contributed by atoms with van der Waals surface area (Å²) < 4.78 is 0. The first-order chi connectivity index (χ1) is 8.69. The zero-order chi connectivity index (χ0) is 13.0. The Hall–Kier alpha value is -1.65. The van der Waals surface area contributed by atoms with Gasteiger partial charge in [-0.05, 0) is 19.3 Å². The van der Waals surface area contributed by atoms with E-state index in [0.717, 1.165) is 43.9 Å². The van der Waals surface area contributed by atoms with E-state index in [4.69, 9.17) is 0 Å². The molecule has 5 nitrogen and oxygen atoms in total. The molecule has 1 fully saturated rings. The fraction of sp³-hybridized carbons (Fsp3) is 0.615. The van der Waals surface area contributed by atoms with Gasteiger partial charge in [-0.2, -0.15) is 0 Å². The molecule has 0 atom stereocenters. The summed E-state index contributed by atoms with van der Waals surface area (Å²) in [7, 11) is 0. The maximum Gasteiger partial charge on any atom is 0.219 e. The summed E-state index contributed by atoms with van der Waals surface area (Å²) in [6, 6.07) is 2.40. The topological polar surface area (TPSA) is 58.1 Å². The van der Waals surface area contributed by atoms with Gasteiger partial charge in [0.25, 0.3) is 0 Å². The van der Waals surface area contributed by atoms with Gasteiger partial charge in [0, 0.05) is 37.8 Å². The highest BCUT2D eigenvalue weighted by Gasteiger charge is 2.20. The van der Waals surface area contributed by atoms with E-state index >= 15 is 0 Å². The van der Waals surface area contributed by atoms with Crippen molar-refractivity contribution in [2.45, 2.75) is 39.2 Å². The molecule has 2 heterocycles. The van der Waals surface area contributed by atoms with E-state index in [1.54, 1.807) is 13.3 Å². The number of nitrogens with one attached hydrogen (secondary N) is 1. The van der Waals surface area contributed by atoms with Crippen molar-refractivity contribution in [3.05, 3.63) is 18.1 Å². The van der Waals surface area contributed by atoms with Gasteiger partial charge in [0.2, 0.25) is 5.91 Å². The molecule has 1 amide bonds. The van der Waals surface area contributed by atoms with Crippen LogP contribution in [0.1, 0.15) is 32.4 Å². The standard InChI is InChI=1S/C13H20N4O/c1-3-11-8-13(15-9-14-11)16-12-4-6-17(7-5-12)10(2)18/h8-9,12H,3-7H2,1-2H3,(H,14,15,16). The van der Waals surface area contributed by atoms with Gasteiger partial charge in [-0.3, -0.25) is 4.79 Å². The van der Waals surface area contributed by atoms with E-state index in [-0.39, 0.29) is 5.91 Å². The average Bonchev–Trinajstić information content (AvgIpc) is 2.39. The number of nitrogens with zero attached hydrogens (tertiary/aromatic N) is 3. The molecule has 1 aromatic heterocycles. The number of piperidine rings is 1. The van der Waals surface area contributed by atoms with Crippen LogP contribution in [-0.4, -0.2) is 39.9 Å². The van der Waals surface area contributed by atoms with Crippen molar-refractivity contribution in [1.29, 1.82) is 0 Å². The van der Waals surface area contributed by atoms with Crippen LogP contribution in [0.25, 0.3) is 0 Å². The smallest absolute Gasteiger partial charge is 0.219 e. The summed E-state index contributed by atoms with van der Waals surface area (Å²) in [5.41, 5.74) is 1.05. The second-order valence-electron chi connectivity index (χ2n) is 4.67. The van der Waals surface area contributed by atoms with Crippen LogP contribution in [0, 0.1) is 0 Å². The number of hydrogen-bond donors (Lipinski definition) is 1. The van der Waals surface area contributed by atoms with Crippen LogP contribution in [0.2, 0.25) is 0 Å². The third-order valence-electron chi connectivity index (χ3n) is 3.38. The highest BCUT2D eigenvalue weighted by Crippen LogP contribution is 2.15. The highest BCUT2D eigenvalue weighted by atomic mass is 16.2. The minimum absolute atomic E-state index is 0.170. The lowest BCUT2D eigenvalue weighted by Gasteiger charge is -2.31. The molecule has 0 aliphatic carbocycles. The Kier molecular flexibility index (Phi) is 4.12. The van der Waals surface area contributed by atoms with Crippen LogP contribution in [0.4, 0.5) is 5.82 Å². The number of aryl methyl sites for hydroxylation is 1. The third-order valence-corrected chi connectivity index (χ3v) is 3.38. The molecule has 0 bridgehead atoms. The van der Waals surface area contributed by atoms with Gasteiger partial charge in [-0.1, -0.05) is 6.92 Å². The molecule has 0 saturated carbocycles. The zero-order valence-electron chi connectivity index (χ0n) is 11.0. The number of amides is 1. The Morgan fingerprint density at radius 2 is 2.17 bits per heavy atom. The van der Waals surface area contributed by atoms with Crippen LogP contribution in [0.5, 0.6) is 0 Å². The second-order valence-corrected chi connectivity index (χ2v) is 4.67. The van der Waals surface area contributed by atoms with Crippen LogP contribution in [0.3, 0.4) is 0 Å². The Morgan fingerprint density at radius 1 is 1.44 bits per heavy atom. The van der Waals surface area contributed by atoms with E-state index in [2.05, 4.69) is 22.2 Å². The lowest BCUT2D eigenvalue weighted by molar-refractivity contribution is -0.129. The third kappa shape index (κ3) is 3.18. The normalized spacial score (nSPS) is 16.7. The predicted octanol–water partition coefficient (Wildman–Crippen LogP) is 1.46. The van der Waals surface area contributed by atoms with Crippen molar-refractivity contribution in [2.24, 2.45) is 0 Å². The Morgan fingerprint density at radius 3 is 2.78 bits per heavy atom. The number of anilines is 1. The lowest BCUT2D eigenvalue weighted by atomic mass is 10.1. The number of likely N-dealkylation sites (tertiary alicyclic amines) is 1. The zero-order valence-corrected chi connectivity index (χ0v) is 11.0. The maximum absolute atomic E-state index is 11.2. The van der Waals surface area contributed by atoms with Crippen LogP contribution >= 0.6 is 0 Å². The summed E-state index contributed by atoms with van der Waals surface area (Å²) in [6.07, 6.45) is 4.47. The lowest BCUT2D eigenvalue weighted by Crippen LogP contribution is -2.41. The van der Waals surface area contributed by atoms with Gasteiger partial charge in [-0.25, -0.2) is 9.97 Å². The quantitative estimate of drug-likeness (QED) is 0.880. The summed E-state index contributed by atoms with van der Waals surface area (Å²) in [6.45, 7) is 5.38. The summed E-state index contributed by atoms with van der Waals surface area (Å²) in [4.78, 5) is 21.5. The molecule has 1 aliphatic heterocycles. The van der Waals surface area contributed by atoms with E-state index in [9.17, 15) is 4.79 Å². The minimum atomic E-state index is 0.170. The van der Waals surface area contributed by atoms with Crippen molar-refractivity contribution < 1.29 is 4.79 Å². The van der Waals surface area contributed by atoms with Gasteiger partial charge in [0.1, 0.15) is 12.1 Å². The average molecular weight is 248 g/mol. The number of carbonyl (C=O) groups is 1. The van der Waals surface area contributed by atoms with Crippen LogP contribution in [0.15, 0.2) is 12.4 Å². The molecule has 0 unspecified atom stereocenters. The van der Waals surface area contributed by atoms with E-state index in [1.165, 1.54) is 0 Å². The SMILES string of the molecule is CCc1cc(NC2CCN(C(C)=O)CC2)ncn1. The molecule has 2 rings (SSSR count). The fourth-order valence-corrected chi connectivity index (χ4v) is 2.22. The largest absolute Gasteiger partial charge is 0.367 e. The molecule has 1 saturated heterocycles. The summed E-state index contributed by atoms with van der Waals surface area (Å²) in [5.74, 6) is 1.06. The Bertz CT molecular complexity index is 413. The number of aromatic nitrogens is 2. The molecule has 5 heteroatoms. The van der Waals surface area contributed by atoms with E-state index < -0.39 is 0 Å². The van der Waals surface area contributed by atoms with Crippen molar-refractivity contribution in [3.63, 3.8) is 0 Å². The molecular weight excluding hydrogens is 228 g/mol. The fourth-order valence-electron chi connectivity index (χ4n) is 2.22.